The van der Waals surface area contributed by atoms with Crippen LogP contribution in [0.15, 0.2) is 29.2 Å². The van der Waals surface area contributed by atoms with Crippen LogP contribution in [0.3, 0.4) is 0 Å². The van der Waals surface area contributed by atoms with E-state index in [-0.39, 0.29) is 14.9 Å². The minimum atomic E-state index is -0.527. The van der Waals surface area contributed by atoms with Crippen molar-refractivity contribution in [3.63, 3.8) is 0 Å². The normalized spacial score (nSPS) is 16.4. The average Bonchev–Trinajstić information content (AvgIpc) is 2.66. The molecule has 1 N–H and O–H groups in total. The number of amides is 2. The van der Waals surface area contributed by atoms with Gasteiger partial charge in [0.1, 0.15) is 0 Å². The molecule has 9 heteroatoms. The summed E-state index contributed by atoms with van der Waals surface area (Å²) in [5.41, 5.74) is 2.49. The Morgan fingerprint density at radius 1 is 1.48 bits per heavy atom. The molecule has 1 aromatic rings. The maximum Gasteiger partial charge on any atom is 0.285 e. The Kier molecular flexibility index (Phi) is 4.34. The lowest BCUT2D eigenvalue weighted by atomic mass is 10.1. The standard InChI is InChI=1S/C12H9N3O4S2/c1-7(16)13-14-11(17)10(21-12(14)20)6-8-4-2-3-5-9(8)15(18)19/h2-6H,1H3,(H,13,16)/b10-6+. The van der Waals surface area contributed by atoms with E-state index < -0.39 is 16.7 Å². The lowest BCUT2D eigenvalue weighted by Gasteiger charge is -2.13. The number of hydrogen-bond acceptors (Lipinski definition) is 6. The maximum absolute atomic E-state index is 12.1. The third-order valence-electron chi connectivity index (χ3n) is 2.48. The van der Waals surface area contributed by atoms with Crippen molar-refractivity contribution in [1.82, 2.24) is 10.4 Å². The van der Waals surface area contributed by atoms with Crippen LogP contribution < -0.4 is 5.43 Å². The van der Waals surface area contributed by atoms with E-state index in [0.29, 0.717) is 5.56 Å². The number of nitrogens with one attached hydrogen (secondary N) is 1. The van der Waals surface area contributed by atoms with Crippen molar-refractivity contribution in [2.75, 3.05) is 0 Å². The molecule has 7 nitrogen and oxygen atoms in total. The summed E-state index contributed by atoms with van der Waals surface area (Å²) in [5.74, 6) is -0.948. The third-order valence-corrected chi connectivity index (χ3v) is 3.79. The number of benzene rings is 1. The molecule has 0 radical (unpaired) electrons. The highest BCUT2D eigenvalue weighted by Gasteiger charge is 2.33. The third kappa shape index (κ3) is 3.26. The van der Waals surface area contributed by atoms with Crippen molar-refractivity contribution >= 4 is 51.9 Å². The number of nitrogens with zero attached hydrogens (tertiary/aromatic N) is 2. The van der Waals surface area contributed by atoms with Crippen LogP contribution in [0.25, 0.3) is 6.08 Å². The average molecular weight is 323 g/mol. The first kappa shape index (κ1) is 15.1. The van der Waals surface area contributed by atoms with E-state index in [9.17, 15) is 19.7 Å². The lowest BCUT2D eigenvalue weighted by molar-refractivity contribution is -0.385. The van der Waals surface area contributed by atoms with Crippen LogP contribution in [0, 0.1) is 10.1 Å². The number of thiocarbonyl (C=S) groups is 1. The van der Waals surface area contributed by atoms with Crippen LogP contribution >= 0.6 is 24.0 Å². The molecule has 108 valence electrons. The zero-order valence-corrected chi connectivity index (χ0v) is 12.4. The van der Waals surface area contributed by atoms with E-state index in [1.807, 2.05) is 0 Å². The molecule has 0 bridgehead atoms. The van der Waals surface area contributed by atoms with E-state index in [1.165, 1.54) is 31.2 Å². The Labute approximate surface area is 129 Å². The minimum Gasteiger partial charge on any atom is -0.274 e. The number of hydrazine groups is 1. The van der Waals surface area contributed by atoms with Gasteiger partial charge < -0.3 is 0 Å². The van der Waals surface area contributed by atoms with E-state index >= 15 is 0 Å². The van der Waals surface area contributed by atoms with Crippen LogP contribution in [-0.4, -0.2) is 26.1 Å². The van der Waals surface area contributed by atoms with Gasteiger partial charge in [-0.15, -0.1) is 0 Å². The molecule has 2 rings (SSSR count). The van der Waals surface area contributed by atoms with Gasteiger partial charge >= 0.3 is 0 Å². The molecule has 1 fully saturated rings. The number of carbonyl (C=O) groups is 2. The number of hydrogen-bond donors (Lipinski definition) is 1. The van der Waals surface area contributed by atoms with Gasteiger partial charge in [0.05, 0.1) is 15.4 Å². The van der Waals surface area contributed by atoms with Gasteiger partial charge in [-0.05, 0) is 24.4 Å². The van der Waals surface area contributed by atoms with Gasteiger partial charge in [-0.2, -0.15) is 5.01 Å². The lowest BCUT2D eigenvalue weighted by Crippen LogP contribution is -2.43. The summed E-state index contributed by atoms with van der Waals surface area (Å²) in [6.45, 7) is 1.25. The van der Waals surface area contributed by atoms with Crippen molar-refractivity contribution in [1.29, 1.82) is 0 Å². The fourth-order valence-corrected chi connectivity index (χ4v) is 2.81. The Morgan fingerprint density at radius 3 is 2.76 bits per heavy atom. The number of nitro groups is 1. The molecule has 0 spiro atoms. The summed E-state index contributed by atoms with van der Waals surface area (Å²) in [4.78, 5) is 33.7. The predicted octanol–water partition coefficient (Wildman–Crippen LogP) is 1.85. The molecular weight excluding hydrogens is 314 g/mol. The highest BCUT2D eigenvalue weighted by Crippen LogP contribution is 2.33. The number of thioether (sulfide) groups is 1. The fourth-order valence-electron chi connectivity index (χ4n) is 1.64. The zero-order chi connectivity index (χ0) is 15.6. The van der Waals surface area contributed by atoms with Gasteiger partial charge in [0.15, 0.2) is 4.32 Å². The second kappa shape index (κ2) is 6.02. The van der Waals surface area contributed by atoms with Gasteiger partial charge in [-0.3, -0.25) is 25.1 Å². The summed E-state index contributed by atoms with van der Waals surface area (Å²) >= 11 is 5.96. The largest absolute Gasteiger partial charge is 0.285 e. The highest BCUT2D eigenvalue weighted by molar-refractivity contribution is 8.26. The molecule has 1 aliphatic rings. The van der Waals surface area contributed by atoms with Gasteiger partial charge in [0.25, 0.3) is 11.6 Å². The Balaban J connectivity index is 2.35. The van der Waals surface area contributed by atoms with Crippen LogP contribution in [0.2, 0.25) is 0 Å². The molecule has 0 aromatic heterocycles. The Hall–Kier alpha value is -2.26. The predicted molar refractivity (Wildman–Crippen MR) is 81.9 cm³/mol. The van der Waals surface area contributed by atoms with E-state index in [2.05, 4.69) is 5.43 Å². The molecule has 1 aliphatic heterocycles. The second-order valence-electron chi connectivity index (χ2n) is 4.00. The van der Waals surface area contributed by atoms with E-state index in [0.717, 1.165) is 16.8 Å². The molecule has 1 saturated heterocycles. The van der Waals surface area contributed by atoms with Crippen molar-refractivity contribution in [3.05, 3.63) is 44.8 Å². The van der Waals surface area contributed by atoms with Crippen molar-refractivity contribution in [2.45, 2.75) is 6.92 Å². The van der Waals surface area contributed by atoms with Gasteiger partial charge in [-0.25, -0.2) is 0 Å². The summed E-state index contributed by atoms with van der Waals surface area (Å²) in [7, 11) is 0. The van der Waals surface area contributed by atoms with Gasteiger partial charge in [-0.1, -0.05) is 23.9 Å². The first-order valence-electron chi connectivity index (χ1n) is 5.68. The summed E-state index contributed by atoms with van der Waals surface area (Å²) in [6.07, 6.45) is 1.39. The van der Waals surface area contributed by atoms with Crippen molar-refractivity contribution < 1.29 is 14.5 Å². The quantitative estimate of drug-likeness (QED) is 0.395. The molecule has 1 aromatic carbocycles. The van der Waals surface area contributed by atoms with Crippen molar-refractivity contribution in [3.8, 4) is 0 Å². The highest BCUT2D eigenvalue weighted by atomic mass is 32.2. The Morgan fingerprint density at radius 2 is 2.14 bits per heavy atom. The summed E-state index contributed by atoms with van der Waals surface area (Å²) in [5, 5.41) is 11.9. The molecule has 21 heavy (non-hydrogen) atoms. The van der Waals surface area contributed by atoms with Crippen LogP contribution in [0.5, 0.6) is 0 Å². The van der Waals surface area contributed by atoms with Crippen molar-refractivity contribution in [2.24, 2.45) is 0 Å². The number of para-hydroxylation sites is 1. The SMILES string of the molecule is CC(=O)NN1C(=O)/C(=C\c2ccccc2[N+](=O)[O-])SC1=S. The van der Waals surface area contributed by atoms with Gasteiger partial charge in [0, 0.05) is 13.0 Å². The van der Waals surface area contributed by atoms with Crippen LogP contribution in [0.1, 0.15) is 12.5 Å². The summed E-state index contributed by atoms with van der Waals surface area (Å²) in [6, 6.07) is 6.05. The molecule has 0 unspecified atom stereocenters. The second-order valence-corrected chi connectivity index (χ2v) is 5.68. The number of nitro benzene ring substituents is 1. The van der Waals surface area contributed by atoms with Crippen LogP contribution in [-0.2, 0) is 9.59 Å². The molecule has 1 heterocycles. The number of rotatable bonds is 3. The topological polar surface area (TPSA) is 92.6 Å². The van der Waals surface area contributed by atoms with E-state index in [1.54, 1.807) is 6.07 Å². The molecule has 0 atom stereocenters. The molecule has 2 amide bonds. The maximum atomic E-state index is 12.1. The molecule has 0 saturated carbocycles. The molecule has 0 aliphatic carbocycles. The fraction of sp³-hybridized carbons (Fsp3) is 0.0833. The Bertz CT molecular complexity index is 687. The van der Waals surface area contributed by atoms with E-state index in [4.69, 9.17) is 12.2 Å². The van der Waals surface area contributed by atoms with Crippen LogP contribution in [0.4, 0.5) is 5.69 Å². The van der Waals surface area contributed by atoms with Gasteiger partial charge in [0.2, 0.25) is 5.91 Å². The zero-order valence-electron chi connectivity index (χ0n) is 10.7. The number of carbonyl (C=O) groups excluding carboxylic acids is 2. The minimum absolute atomic E-state index is 0.109. The monoisotopic (exact) mass is 323 g/mol. The first-order chi connectivity index (χ1) is 9.90. The first-order valence-corrected chi connectivity index (χ1v) is 6.91. The molecular formula is C12H9N3O4S2. The smallest absolute Gasteiger partial charge is 0.274 e. The summed E-state index contributed by atoms with van der Waals surface area (Å²) < 4.78 is 0.167.